The first kappa shape index (κ1) is 74.6. The Bertz CT molecular complexity index is 3500. The van der Waals surface area contributed by atoms with Crippen LogP contribution in [0.2, 0.25) is 0 Å². The Labute approximate surface area is 580 Å². The minimum absolute atomic E-state index is 0.159. The number of sulfonamides is 2. The lowest BCUT2D eigenvalue weighted by Crippen LogP contribution is -2.55. The van der Waals surface area contributed by atoms with E-state index in [1.807, 2.05) is 88.3 Å². The van der Waals surface area contributed by atoms with Crippen LogP contribution in [0, 0.1) is 23.2 Å². The fraction of sp³-hybridized carbons (Fsp3) is 0.676. The van der Waals surface area contributed by atoms with Gasteiger partial charge in [-0.2, -0.15) is 42.7 Å². The summed E-state index contributed by atoms with van der Waals surface area (Å²) in [6.07, 6.45) is 17.4. The molecule has 96 heavy (non-hydrogen) atoms. The molecule has 10 rings (SSSR count). The van der Waals surface area contributed by atoms with Crippen molar-refractivity contribution in [3.8, 4) is 0 Å². The molecule has 4 aliphatic heterocycles. The van der Waals surface area contributed by atoms with Crippen molar-refractivity contribution in [1.29, 1.82) is 0 Å². The monoisotopic (exact) mass is 1400 g/mol. The topological polar surface area (TPSA) is 169 Å². The molecule has 6 aliphatic rings. The number of anilines is 2. The summed E-state index contributed by atoms with van der Waals surface area (Å²) < 4.78 is 129. The Morgan fingerprint density at radius 2 is 0.833 bits per heavy atom. The predicted molar refractivity (Wildman–Crippen MR) is 390 cm³/mol. The molecule has 4 aromatic carbocycles. The van der Waals surface area contributed by atoms with Crippen molar-refractivity contribution in [2.75, 3.05) is 149 Å². The quantitative estimate of drug-likeness (QED) is 0.0925. The number of piperidine rings is 2. The first-order valence-corrected chi connectivity index (χ1v) is 42.3. The first-order valence-electron chi connectivity index (χ1n) is 36.6. The highest BCUT2D eigenvalue weighted by atomic mass is 32.2. The summed E-state index contributed by atoms with van der Waals surface area (Å²) in [5, 5.41) is 0. The molecule has 0 radical (unpaired) electrons. The van der Waals surface area contributed by atoms with E-state index in [2.05, 4.69) is 58.1 Å². The molecule has 6 fully saturated rings. The lowest BCUT2D eigenvalue weighted by molar-refractivity contribution is 0.123. The average molecular weight is 1400 g/mol. The van der Waals surface area contributed by atoms with Gasteiger partial charge in [-0.3, -0.25) is 0 Å². The van der Waals surface area contributed by atoms with Gasteiger partial charge in [0.05, 0.1) is 9.79 Å². The van der Waals surface area contributed by atoms with Crippen molar-refractivity contribution in [1.82, 2.24) is 35.6 Å². The number of rotatable bonds is 18. The van der Waals surface area contributed by atoms with Crippen LogP contribution in [0.4, 0.5) is 11.4 Å². The zero-order chi connectivity index (χ0) is 68.1. The van der Waals surface area contributed by atoms with E-state index in [1.165, 1.54) is 43.2 Å². The maximum Gasteiger partial charge on any atom is 0.282 e. The van der Waals surface area contributed by atoms with E-state index in [0.29, 0.717) is 128 Å². The average Bonchev–Trinajstić information content (AvgIpc) is 0.803. The lowest BCUT2D eigenvalue weighted by atomic mass is 9.78. The van der Waals surface area contributed by atoms with Crippen LogP contribution in [0.25, 0.3) is 0 Å². The maximum absolute atomic E-state index is 15.2. The Kier molecular flexibility index (Phi) is 26.5. The zero-order valence-electron chi connectivity index (χ0n) is 58.9. The van der Waals surface area contributed by atoms with Crippen LogP contribution in [0.5, 0.6) is 0 Å². The van der Waals surface area contributed by atoms with Crippen LogP contribution in [0.15, 0.2) is 119 Å². The Hall–Kier alpha value is -4.04. The van der Waals surface area contributed by atoms with Crippen molar-refractivity contribution in [2.24, 2.45) is 23.2 Å². The molecule has 2 aliphatic carbocycles. The molecule has 0 amide bonds. The smallest absolute Gasteiger partial charge is 0.282 e. The molecular formula is C74H116N10O8S4. The summed E-state index contributed by atoms with van der Waals surface area (Å²) >= 11 is 0. The van der Waals surface area contributed by atoms with E-state index in [-0.39, 0.29) is 34.8 Å². The lowest BCUT2D eigenvalue weighted by Gasteiger charge is -2.43. The predicted octanol–water partition coefficient (Wildman–Crippen LogP) is 11.5. The van der Waals surface area contributed by atoms with Gasteiger partial charge in [-0.1, -0.05) is 107 Å². The number of hydrogen-bond donors (Lipinski definition) is 0. The summed E-state index contributed by atoms with van der Waals surface area (Å²) in [5.74, 6) is 1.91. The van der Waals surface area contributed by atoms with Crippen LogP contribution >= 0.6 is 0 Å². The maximum atomic E-state index is 15.2. The summed E-state index contributed by atoms with van der Waals surface area (Å²) in [6.45, 7) is 15.5. The van der Waals surface area contributed by atoms with Crippen LogP contribution in [0.3, 0.4) is 0 Å². The Morgan fingerprint density at radius 3 is 1.38 bits per heavy atom. The molecule has 3 atom stereocenters. The summed E-state index contributed by atoms with van der Waals surface area (Å²) in [5.41, 5.74) is 3.63. The van der Waals surface area contributed by atoms with Gasteiger partial charge in [0.1, 0.15) is 0 Å². The molecule has 0 spiro atoms. The molecule has 0 aromatic heterocycles. The molecule has 18 nitrogen and oxygen atoms in total. The van der Waals surface area contributed by atoms with E-state index in [1.54, 1.807) is 50.1 Å². The zero-order valence-corrected chi connectivity index (χ0v) is 62.2. The van der Waals surface area contributed by atoms with Crippen molar-refractivity contribution >= 4 is 51.8 Å². The second kappa shape index (κ2) is 34.1. The number of hydrogen-bond acceptors (Lipinski definition) is 12. The van der Waals surface area contributed by atoms with Gasteiger partial charge < -0.3 is 19.6 Å². The van der Waals surface area contributed by atoms with E-state index < -0.39 is 45.9 Å². The number of nitrogens with zero attached hydrogens (tertiary/aromatic N) is 10. The third kappa shape index (κ3) is 19.5. The van der Waals surface area contributed by atoms with Crippen LogP contribution < -0.4 is 9.80 Å². The van der Waals surface area contributed by atoms with Gasteiger partial charge in [0.25, 0.3) is 20.4 Å². The summed E-state index contributed by atoms with van der Waals surface area (Å²) in [6, 6.07) is 34.9. The normalized spacial score (nSPS) is 24.8. The highest BCUT2D eigenvalue weighted by Crippen LogP contribution is 2.37. The molecule has 4 aromatic rings. The van der Waals surface area contributed by atoms with Crippen LogP contribution in [-0.2, 0) is 40.5 Å². The van der Waals surface area contributed by atoms with Crippen molar-refractivity contribution in [3.63, 3.8) is 0 Å². The molecule has 0 N–H and O–H groups in total. The van der Waals surface area contributed by atoms with Crippen LogP contribution in [0.1, 0.15) is 166 Å². The largest absolute Gasteiger partial charge is 0.378 e. The Balaban J connectivity index is 0.813. The minimum Gasteiger partial charge on any atom is -0.378 e. The third-order valence-corrected chi connectivity index (χ3v) is 30.1. The van der Waals surface area contributed by atoms with Crippen molar-refractivity contribution in [3.05, 3.63) is 120 Å². The second-order valence-corrected chi connectivity index (χ2v) is 37.8. The molecule has 4 heterocycles. The Morgan fingerprint density at radius 1 is 0.396 bits per heavy atom. The van der Waals surface area contributed by atoms with Crippen molar-refractivity contribution < 1.29 is 33.7 Å². The summed E-state index contributed by atoms with van der Waals surface area (Å²) in [7, 11) is -9.57. The first-order chi connectivity index (χ1) is 46.0. The molecule has 3 unspecified atom stereocenters. The third-order valence-electron chi connectivity index (χ3n) is 22.2. The van der Waals surface area contributed by atoms with Gasteiger partial charge in [0, 0.05) is 130 Å². The fourth-order valence-electron chi connectivity index (χ4n) is 16.5. The minimum atomic E-state index is -3.97. The van der Waals surface area contributed by atoms with Gasteiger partial charge in [-0.25, -0.2) is 16.8 Å². The molecule has 534 valence electrons. The highest BCUT2D eigenvalue weighted by molar-refractivity contribution is 7.89. The van der Waals surface area contributed by atoms with Gasteiger partial charge in [-0.15, -0.1) is 0 Å². The molecule has 22 heteroatoms. The van der Waals surface area contributed by atoms with Gasteiger partial charge in [-0.05, 0) is 218 Å². The van der Waals surface area contributed by atoms with E-state index in [9.17, 15) is 25.3 Å². The number of benzene rings is 4. The summed E-state index contributed by atoms with van der Waals surface area (Å²) in [4.78, 5) is 9.69. The highest BCUT2D eigenvalue weighted by Gasteiger charge is 2.42. The van der Waals surface area contributed by atoms with Gasteiger partial charge in [0.2, 0.25) is 20.0 Å². The van der Waals surface area contributed by atoms with Crippen LogP contribution in [-0.4, -0.2) is 214 Å². The molecular weight excluding hydrogens is 1290 g/mol. The molecule has 2 saturated carbocycles. The molecule has 4 saturated heterocycles. The molecule has 0 bridgehead atoms. The van der Waals surface area contributed by atoms with E-state index in [0.717, 1.165) is 102 Å². The standard InChI is InChI=1S/C74H116N10O8S4/c1-62-39-52-78(46-22-51-83(94(87,88)73-35-31-70(32-36-73)75(4)5)60-74(2,3)61-84(62)96(91,92)82-55-42-67(43-56-82)65-27-14-9-15-28-65)59-69-30-17-16-29-68(69)58-76(6)71-33-37-72(38-34-71)93(85,86)79-47-18-19-48-80(50-21-45-77(44-20-49-79)57-63-23-10-7-11-24-63)95(89,90)81-53-40-66(41-54-81)64-25-12-8-13-26-64/h8-9,12-15,25-28,31-38,62-63,66-69H,7,10-11,16-24,29-30,39-61H2,1-6H3. The van der Waals surface area contributed by atoms with Gasteiger partial charge in [0.15, 0.2) is 0 Å². The fourth-order valence-corrected chi connectivity index (χ4v) is 23.4. The SMILES string of the molecule is CC1CCN(CC2CCCCC2CN(C)c2ccc(S(=O)(=O)N3CCCCN(S(=O)(=O)N4CCC(c5ccccc5)CC4)CCCN(CC4CCCCC4)CCC3)cc2)CCCN(S(=O)(=O)c2ccc(N(C)C)cc2)CC(C)(C)CN1S(=O)(=O)N1CCC(c2ccccc2)CC1. The van der Waals surface area contributed by atoms with E-state index >= 15 is 8.42 Å². The van der Waals surface area contributed by atoms with Gasteiger partial charge >= 0.3 is 0 Å². The van der Waals surface area contributed by atoms with E-state index in [4.69, 9.17) is 0 Å². The van der Waals surface area contributed by atoms with Crippen molar-refractivity contribution in [2.45, 2.75) is 170 Å². The second-order valence-electron chi connectivity index (χ2n) is 30.1.